The third kappa shape index (κ3) is 7.99. The minimum absolute atomic E-state index is 0.129. The van der Waals surface area contributed by atoms with Gasteiger partial charge in [0.25, 0.3) is 0 Å². The molecule has 0 spiro atoms. The number of anilines is 1. The number of para-hydroxylation sites is 1. The SMILES string of the molecule is CCCCCCCCCCCCCC(=O)N1CCN(C(=O)C2Sc3ccccc3N(CC)C2=O)CC1. The molecule has 0 aromatic heterocycles. The molecular formula is C29H45N3O3S. The average molecular weight is 516 g/mol. The molecule has 36 heavy (non-hydrogen) atoms. The zero-order valence-corrected chi connectivity index (χ0v) is 23.2. The second-order valence-corrected chi connectivity index (χ2v) is 11.2. The summed E-state index contributed by atoms with van der Waals surface area (Å²) in [6, 6.07) is 7.77. The van der Waals surface area contributed by atoms with Gasteiger partial charge in [-0.3, -0.25) is 14.4 Å². The molecule has 2 heterocycles. The van der Waals surface area contributed by atoms with Crippen LogP contribution in [0.15, 0.2) is 29.2 Å². The normalized spacial score (nSPS) is 17.9. The number of amides is 3. The summed E-state index contributed by atoms with van der Waals surface area (Å²) < 4.78 is 0. The van der Waals surface area contributed by atoms with Crippen LogP contribution in [0.25, 0.3) is 0 Å². The standard InChI is InChI=1S/C29H45N3O3S/c1-3-5-6-7-8-9-10-11-12-13-14-19-26(33)30-20-22-31(23-21-30)28(34)27-29(35)32(4-2)24-17-15-16-18-25(24)36-27/h15-18,27H,3-14,19-23H2,1-2H3. The predicted molar refractivity (Wildman–Crippen MR) is 148 cm³/mol. The van der Waals surface area contributed by atoms with Gasteiger partial charge in [-0.1, -0.05) is 83.3 Å². The lowest BCUT2D eigenvalue weighted by molar-refractivity contribution is -0.141. The molecular weight excluding hydrogens is 470 g/mol. The van der Waals surface area contributed by atoms with Crippen molar-refractivity contribution in [1.82, 2.24) is 9.80 Å². The summed E-state index contributed by atoms with van der Waals surface area (Å²) in [5.74, 6) is -0.0659. The number of thioether (sulfide) groups is 1. The van der Waals surface area contributed by atoms with E-state index in [-0.39, 0.29) is 17.7 Å². The Morgan fingerprint density at radius 2 is 1.36 bits per heavy atom. The molecule has 1 unspecified atom stereocenters. The molecule has 0 radical (unpaired) electrons. The highest BCUT2D eigenvalue weighted by Gasteiger charge is 2.40. The van der Waals surface area contributed by atoms with Crippen molar-refractivity contribution in [1.29, 1.82) is 0 Å². The number of nitrogens with zero attached hydrogens (tertiary/aromatic N) is 3. The molecule has 1 atom stereocenters. The van der Waals surface area contributed by atoms with Crippen molar-refractivity contribution in [2.45, 2.75) is 101 Å². The largest absolute Gasteiger partial charge is 0.339 e. The maximum Gasteiger partial charge on any atom is 0.250 e. The lowest BCUT2D eigenvalue weighted by atomic mass is 10.1. The van der Waals surface area contributed by atoms with Crippen LogP contribution in [0.3, 0.4) is 0 Å². The van der Waals surface area contributed by atoms with E-state index in [0.717, 1.165) is 23.4 Å². The van der Waals surface area contributed by atoms with Crippen molar-refractivity contribution in [2.24, 2.45) is 0 Å². The Morgan fingerprint density at radius 1 is 0.806 bits per heavy atom. The Kier molecular flexibility index (Phi) is 12.1. The first-order valence-corrected chi connectivity index (χ1v) is 15.1. The summed E-state index contributed by atoms with van der Waals surface area (Å²) in [7, 11) is 0. The topological polar surface area (TPSA) is 60.9 Å². The second kappa shape index (κ2) is 15.3. The molecule has 0 aliphatic carbocycles. The zero-order chi connectivity index (χ0) is 25.8. The molecule has 0 N–H and O–H groups in total. The van der Waals surface area contributed by atoms with Crippen LogP contribution in [0.5, 0.6) is 0 Å². The van der Waals surface area contributed by atoms with Gasteiger partial charge in [0.2, 0.25) is 17.7 Å². The van der Waals surface area contributed by atoms with E-state index >= 15 is 0 Å². The third-order valence-electron chi connectivity index (χ3n) is 7.37. The van der Waals surface area contributed by atoms with Gasteiger partial charge >= 0.3 is 0 Å². The smallest absolute Gasteiger partial charge is 0.250 e. The van der Waals surface area contributed by atoms with Crippen LogP contribution in [-0.2, 0) is 14.4 Å². The molecule has 7 heteroatoms. The summed E-state index contributed by atoms with van der Waals surface area (Å²) in [4.78, 5) is 45.3. The molecule has 200 valence electrons. The first-order chi connectivity index (χ1) is 17.6. The minimum Gasteiger partial charge on any atom is -0.339 e. The molecule has 0 saturated carbocycles. The van der Waals surface area contributed by atoms with E-state index in [1.54, 1.807) is 9.80 Å². The molecule has 0 bridgehead atoms. The van der Waals surface area contributed by atoms with E-state index in [1.807, 2.05) is 36.1 Å². The van der Waals surface area contributed by atoms with Gasteiger partial charge in [0.15, 0.2) is 5.25 Å². The van der Waals surface area contributed by atoms with E-state index in [2.05, 4.69) is 6.92 Å². The third-order valence-corrected chi connectivity index (χ3v) is 8.61. The molecule has 1 saturated heterocycles. The fourth-order valence-electron chi connectivity index (χ4n) is 5.14. The van der Waals surface area contributed by atoms with Crippen molar-refractivity contribution in [2.75, 3.05) is 37.6 Å². The van der Waals surface area contributed by atoms with E-state index in [4.69, 9.17) is 0 Å². The monoisotopic (exact) mass is 515 g/mol. The molecule has 6 nitrogen and oxygen atoms in total. The molecule has 1 aromatic carbocycles. The minimum atomic E-state index is -0.738. The van der Waals surface area contributed by atoms with Crippen LogP contribution in [0, 0.1) is 0 Å². The molecule has 3 rings (SSSR count). The quantitative estimate of drug-likeness (QED) is 0.229. The number of unbranched alkanes of at least 4 members (excludes halogenated alkanes) is 10. The average Bonchev–Trinajstić information content (AvgIpc) is 2.91. The second-order valence-electron chi connectivity index (χ2n) is 10.0. The van der Waals surface area contributed by atoms with Crippen LogP contribution in [-0.4, -0.2) is 65.5 Å². The van der Waals surface area contributed by atoms with Crippen molar-refractivity contribution < 1.29 is 14.4 Å². The summed E-state index contributed by atoms with van der Waals surface area (Å²) in [5.41, 5.74) is 0.886. The van der Waals surface area contributed by atoms with E-state index in [0.29, 0.717) is 39.1 Å². The Balaban J connectivity index is 1.32. The van der Waals surface area contributed by atoms with Crippen LogP contribution in [0.4, 0.5) is 5.69 Å². The van der Waals surface area contributed by atoms with Gasteiger partial charge in [-0.05, 0) is 25.5 Å². The number of benzene rings is 1. The number of carbonyl (C=O) groups excluding carboxylic acids is 3. The highest BCUT2D eigenvalue weighted by atomic mass is 32.2. The maximum absolute atomic E-state index is 13.3. The van der Waals surface area contributed by atoms with Crippen molar-refractivity contribution in [3.63, 3.8) is 0 Å². The van der Waals surface area contributed by atoms with Gasteiger partial charge in [-0.25, -0.2) is 0 Å². The Bertz CT molecular complexity index is 854. The van der Waals surface area contributed by atoms with Gasteiger partial charge in [0.05, 0.1) is 5.69 Å². The summed E-state index contributed by atoms with van der Waals surface area (Å²) in [6.45, 7) is 6.85. The number of carbonyl (C=O) groups is 3. The van der Waals surface area contributed by atoms with E-state index in [9.17, 15) is 14.4 Å². The van der Waals surface area contributed by atoms with Crippen LogP contribution in [0.1, 0.15) is 90.9 Å². The maximum atomic E-state index is 13.3. The summed E-state index contributed by atoms with van der Waals surface area (Å²) >= 11 is 1.35. The zero-order valence-electron chi connectivity index (χ0n) is 22.4. The molecule has 1 fully saturated rings. The Hall–Kier alpha value is -2.02. The number of hydrogen-bond donors (Lipinski definition) is 0. The van der Waals surface area contributed by atoms with E-state index < -0.39 is 5.25 Å². The van der Waals surface area contributed by atoms with Gasteiger partial charge < -0.3 is 14.7 Å². The number of piperazine rings is 1. The van der Waals surface area contributed by atoms with Gasteiger partial charge in [-0.2, -0.15) is 0 Å². The number of rotatable bonds is 14. The lowest BCUT2D eigenvalue weighted by Crippen LogP contribution is -2.55. The molecule has 2 aliphatic rings. The van der Waals surface area contributed by atoms with Crippen LogP contribution < -0.4 is 4.90 Å². The lowest BCUT2D eigenvalue weighted by Gasteiger charge is -2.38. The number of fused-ring (bicyclic) bond motifs is 1. The van der Waals surface area contributed by atoms with Gasteiger partial charge in [0, 0.05) is 44.0 Å². The molecule has 3 amide bonds. The van der Waals surface area contributed by atoms with Crippen LogP contribution in [0.2, 0.25) is 0 Å². The number of hydrogen-bond acceptors (Lipinski definition) is 4. The first-order valence-electron chi connectivity index (χ1n) is 14.2. The van der Waals surface area contributed by atoms with Crippen molar-refractivity contribution in [3.8, 4) is 0 Å². The highest BCUT2D eigenvalue weighted by molar-refractivity contribution is 8.01. The van der Waals surface area contributed by atoms with Gasteiger partial charge in [0.1, 0.15) is 0 Å². The summed E-state index contributed by atoms with van der Waals surface area (Å²) in [5, 5.41) is -0.738. The Morgan fingerprint density at radius 3 is 1.97 bits per heavy atom. The van der Waals surface area contributed by atoms with Gasteiger partial charge in [-0.15, -0.1) is 11.8 Å². The van der Waals surface area contributed by atoms with E-state index in [1.165, 1.54) is 69.5 Å². The highest BCUT2D eigenvalue weighted by Crippen LogP contribution is 2.39. The van der Waals surface area contributed by atoms with Crippen molar-refractivity contribution in [3.05, 3.63) is 24.3 Å². The first kappa shape index (κ1) is 28.5. The summed E-state index contributed by atoms with van der Waals surface area (Å²) in [6.07, 6.45) is 14.6. The predicted octanol–water partition coefficient (Wildman–Crippen LogP) is 5.89. The molecule has 1 aromatic rings. The molecule has 2 aliphatic heterocycles. The van der Waals surface area contributed by atoms with Crippen molar-refractivity contribution >= 4 is 35.2 Å². The Labute approximate surface area is 222 Å². The fraction of sp³-hybridized carbons (Fsp3) is 0.690. The fourth-order valence-corrected chi connectivity index (χ4v) is 6.33. The van der Waals surface area contributed by atoms with Crippen LogP contribution >= 0.6 is 11.8 Å².